The van der Waals surface area contributed by atoms with Gasteiger partial charge in [-0.25, -0.2) is 4.98 Å². The number of benzene rings is 1. The van der Waals surface area contributed by atoms with Crippen LogP contribution in [-0.2, 0) is 4.79 Å². The molecule has 2 N–H and O–H groups in total. The molecule has 0 radical (unpaired) electrons. The number of carbonyl (C=O) groups excluding carboxylic acids is 1. The van der Waals surface area contributed by atoms with Gasteiger partial charge in [0, 0.05) is 31.0 Å². The van der Waals surface area contributed by atoms with E-state index in [-0.39, 0.29) is 5.92 Å². The molecule has 2 aromatic rings. The number of para-hydroxylation sites is 2. The van der Waals surface area contributed by atoms with Crippen LogP contribution in [0, 0.1) is 11.8 Å². The molecule has 1 saturated carbocycles. The Labute approximate surface area is 161 Å². The number of carbonyl (C=O) groups is 1. The Morgan fingerprint density at radius 3 is 2.81 bits per heavy atom. The van der Waals surface area contributed by atoms with Gasteiger partial charge >= 0.3 is 0 Å². The van der Waals surface area contributed by atoms with Gasteiger partial charge in [0.2, 0.25) is 5.91 Å². The SMILES string of the molecule is CC(C)n1c(C2CCCN(C(=O)[C@@H]3CCC[C@@H]3CN)C2)nc2ccccc21. The quantitative estimate of drug-likeness (QED) is 0.895. The summed E-state index contributed by atoms with van der Waals surface area (Å²) in [6.07, 6.45) is 5.40. The number of imidazole rings is 1. The average Bonchev–Trinajstić information content (AvgIpc) is 3.31. The third kappa shape index (κ3) is 3.38. The molecular formula is C22H32N4O. The molecule has 2 aliphatic rings. The van der Waals surface area contributed by atoms with Crippen molar-refractivity contribution in [1.82, 2.24) is 14.5 Å². The van der Waals surface area contributed by atoms with E-state index in [9.17, 15) is 4.79 Å². The Kier molecular flexibility index (Phi) is 5.22. The summed E-state index contributed by atoms with van der Waals surface area (Å²) in [5.74, 6) is 2.30. The highest BCUT2D eigenvalue weighted by molar-refractivity contribution is 5.80. The molecule has 146 valence electrons. The Hall–Kier alpha value is -1.88. The highest BCUT2D eigenvalue weighted by Gasteiger charge is 2.37. The molecule has 1 saturated heterocycles. The fraction of sp³-hybridized carbons (Fsp3) is 0.636. The van der Waals surface area contributed by atoms with Crippen LogP contribution in [0.3, 0.4) is 0 Å². The van der Waals surface area contributed by atoms with Gasteiger partial charge in [0.1, 0.15) is 5.82 Å². The molecule has 0 bridgehead atoms. The second-order valence-electron chi connectivity index (χ2n) is 8.58. The van der Waals surface area contributed by atoms with E-state index in [1.54, 1.807) is 0 Å². The number of hydrogen-bond acceptors (Lipinski definition) is 3. The van der Waals surface area contributed by atoms with Crippen molar-refractivity contribution in [2.75, 3.05) is 19.6 Å². The van der Waals surface area contributed by atoms with Crippen LogP contribution in [0.1, 0.15) is 63.7 Å². The smallest absolute Gasteiger partial charge is 0.226 e. The standard InChI is InChI=1S/C22H32N4O/c1-15(2)26-20-11-4-3-10-19(20)24-21(26)17-8-6-12-25(14-17)22(27)18-9-5-7-16(18)13-23/h3-4,10-11,15-18H,5-9,12-14,23H2,1-2H3/t16-,17?,18-/m1/s1. The van der Waals surface area contributed by atoms with Gasteiger partial charge in [-0.3, -0.25) is 4.79 Å². The number of likely N-dealkylation sites (tertiary alicyclic amines) is 1. The number of amides is 1. The van der Waals surface area contributed by atoms with Gasteiger partial charge < -0.3 is 15.2 Å². The predicted octanol–water partition coefficient (Wildman–Crippen LogP) is 3.70. The van der Waals surface area contributed by atoms with Crippen LogP contribution in [0.4, 0.5) is 0 Å². The Bertz CT molecular complexity index is 812. The number of nitrogens with two attached hydrogens (primary N) is 1. The normalized spacial score (nSPS) is 26.2. The third-order valence-electron chi connectivity index (χ3n) is 6.52. The van der Waals surface area contributed by atoms with Crippen LogP contribution in [0.5, 0.6) is 0 Å². The first-order valence-corrected chi connectivity index (χ1v) is 10.6. The lowest BCUT2D eigenvalue weighted by molar-refractivity contribution is -0.137. The van der Waals surface area contributed by atoms with E-state index in [2.05, 4.69) is 41.5 Å². The lowest BCUT2D eigenvalue weighted by Gasteiger charge is -2.35. The second-order valence-corrected chi connectivity index (χ2v) is 8.58. The zero-order chi connectivity index (χ0) is 19.0. The number of rotatable bonds is 4. The number of piperidine rings is 1. The van der Waals surface area contributed by atoms with Gasteiger partial charge in [-0.15, -0.1) is 0 Å². The van der Waals surface area contributed by atoms with Gasteiger partial charge in [-0.2, -0.15) is 0 Å². The van der Waals surface area contributed by atoms with E-state index in [1.165, 1.54) is 5.52 Å². The zero-order valence-electron chi connectivity index (χ0n) is 16.6. The number of fused-ring (bicyclic) bond motifs is 1. The van der Waals surface area contributed by atoms with Crippen molar-refractivity contribution in [3.8, 4) is 0 Å². The van der Waals surface area contributed by atoms with E-state index in [0.29, 0.717) is 30.3 Å². The Morgan fingerprint density at radius 1 is 1.22 bits per heavy atom. The van der Waals surface area contributed by atoms with Crippen molar-refractivity contribution in [1.29, 1.82) is 0 Å². The van der Waals surface area contributed by atoms with Crippen LogP contribution < -0.4 is 5.73 Å². The minimum Gasteiger partial charge on any atom is -0.342 e. The first kappa shape index (κ1) is 18.5. The van der Waals surface area contributed by atoms with E-state index < -0.39 is 0 Å². The summed E-state index contributed by atoms with van der Waals surface area (Å²) in [5, 5.41) is 0. The summed E-state index contributed by atoms with van der Waals surface area (Å²) in [6.45, 7) is 6.74. The molecule has 1 aromatic heterocycles. The van der Waals surface area contributed by atoms with Crippen molar-refractivity contribution in [2.45, 2.75) is 57.9 Å². The summed E-state index contributed by atoms with van der Waals surface area (Å²) in [6, 6.07) is 8.73. The molecule has 3 atom stereocenters. The second kappa shape index (κ2) is 7.63. The molecule has 5 nitrogen and oxygen atoms in total. The monoisotopic (exact) mass is 368 g/mol. The van der Waals surface area contributed by atoms with Crippen LogP contribution in [0.25, 0.3) is 11.0 Å². The topological polar surface area (TPSA) is 64.2 Å². The van der Waals surface area contributed by atoms with Gasteiger partial charge in [-0.05, 0) is 64.1 Å². The fourth-order valence-corrected chi connectivity index (χ4v) is 5.16. The first-order valence-electron chi connectivity index (χ1n) is 10.6. The molecule has 2 fully saturated rings. The van der Waals surface area contributed by atoms with Gasteiger partial charge in [0.15, 0.2) is 0 Å². The van der Waals surface area contributed by atoms with Crippen LogP contribution >= 0.6 is 0 Å². The lowest BCUT2D eigenvalue weighted by Crippen LogP contribution is -2.44. The van der Waals surface area contributed by atoms with E-state index >= 15 is 0 Å². The van der Waals surface area contributed by atoms with E-state index in [4.69, 9.17) is 10.7 Å². The van der Waals surface area contributed by atoms with Crippen molar-refractivity contribution < 1.29 is 4.79 Å². The highest BCUT2D eigenvalue weighted by Crippen LogP contribution is 2.36. The molecule has 0 spiro atoms. The molecule has 1 aliphatic heterocycles. The largest absolute Gasteiger partial charge is 0.342 e. The molecule has 27 heavy (non-hydrogen) atoms. The van der Waals surface area contributed by atoms with Crippen LogP contribution in [0.2, 0.25) is 0 Å². The maximum atomic E-state index is 13.2. The maximum absolute atomic E-state index is 13.2. The number of aromatic nitrogens is 2. The lowest BCUT2D eigenvalue weighted by atomic mass is 9.91. The highest BCUT2D eigenvalue weighted by atomic mass is 16.2. The fourth-order valence-electron chi connectivity index (χ4n) is 5.16. The van der Waals surface area contributed by atoms with E-state index in [0.717, 1.165) is 56.5 Å². The van der Waals surface area contributed by atoms with Crippen molar-refractivity contribution in [3.05, 3.63) is 30.1 Å². The molecule has 1 aliphatic carbocycles. The molecule has 1 amide bonds. The molecule has 2 heterocycles. The van der Waals surface area contributed by atoms with Crippen LogP contribution in [-0.4, -0.2) is 40.0 Å². The number of hydrogen-bond donors (Lipinski definition) is 1. The molecule has 1 unspecified atom stereocenters. The van der Waals surface area contributed by atoms with Crippen molar-refractivity contribution >= 4 is 16.9 Å². The number of nitrogens with zero attached hydrogens (tertiary/aromatic N) is 3. The van der Waals surface area contributed by atoms with Crippen LogP contribution in [0.15, 0.2) is 24.3 Å². The zero-order valence-corrected chi connectivity index (χ0v) is 16.6. The molecular weight excluding hydrogens is 336 g/mol. The van der Waals surface area contributed by atoms with Crippen molar-refractivity contribution in [3.63, 3.8) is 0 Å². The van der Waals surface area contributed by atoms with Gasteiger partial charge in [0.05, 0.1) is 11.0 Å². The van der Waals surface area contributed by atoms with Gasteiger partial charge in [-0.1, -0.05) is 18.6 Å². The summed E-state index contributed by atoms with van der Waals surface area (Å²) >= 11 is 0. The molecule has 1 aromatic carbocycles. The Morgan fingerprint density at radius 2 is 2.04 bits per heavy atom. The minimum absolute atomic E-state index is 0.137. The third-order valence-corrected chi connectivity index (χ3v) is 6.52. The summed E-state index contributed by atoms with van der Waals surface area (Å²) < 4.78 is 2.37. The molecule has 4 rings (SSSR count). The summed E-state index contributed by atoms with van der Waals surface area (Å²) in [7, 11) is 0. The van der Waals surface area contributed by atoms with Gasteiger partial charge in [0.25, 0.3) is 0 Å². The predicted molar refractivity (Wildman–Crippen MR) is 109 cm³/mol. The summed E-state index contributed by atoms with van der Waals surface area (Å²) in [5.41, 5.74) is 8.18. The van der Waals surface area contributed by atoms with E-state index in [1.807, 2.05) is 6.07 Å². The first-order chi connectivity index (χ1) is 13.1. The maximum Gasteiger partial charge on any atom is 0.226 e. The summed E-state index contributed by atoms with van der Waals surface area (Å²) in [4.78, 5) is 20.3. The average molecular weight is 369 g/mol. The van der Waals surface area contributed by atoms with Crippen molar-refractivity contribution in [2.24, 2.45) is 17.6 Å². The Balaban J connectivity index is 1.59. The minimum atomic E-state index is 0.137. The molecule has 5 heteroatoms.